The summed E-state index contributed by atoms with van der Waals surface area (Å²) in [5.41, 5.74) is 6.56. The van der Waals surface area contributed by atoms with Gasteiger partial charge in [0.2, 0.25) is 5.91 Å². The van der Waals surface area contributed by atoms with E-state index in [1.165, 1.54) is 11.3 Å². The Morgan fingerprint density at radius 2 is 1.68 bits per heavy atom. The maximum absolute atomic E-state index is 12.3. The smallest absolute Gasteiger partial charge is 0.227 e. The number of fused-ring (bicyclic) bond motifs is 1. The minimum atomic E-state index is 0.0597. The number of nitrogens with one attached hydrogen (secondary N) is 2. The third-order valence-corrected chi connectivity index (χ3v) is 7.99. The molecule has 1 aliphatic rings. The van der Waals surface area contributed by atoms with E-state index in [1.54, 1.807) is 0 Å². The zero-order chi connectivity index (χ0) is 27.9. The maximum Gasteiger partial charge on any atom is 0.227 e. The Morgan fingerprint density at radius 1 is 0.950 bits per heavy atom. The SMILES string of the molecule is CCc1ccc(-c2nc3c(N4CCN(CCOc5ccc(NC(=O)C(CC)CC)cc5)CC4)cccc3[nH]2)cc1. The highest BCUT2D eigenvalue weighted by Crippen LogP contribution is 2.29. The van der Waals surface area contributed by atoms with Gasteiger partial charge in [0.15, 0.2) is 0 Å². The second kappa shape index (κ2) is 13.0. The van der Waals surface area contributed by atoms with Gasteiger partial charge >= 0.3 is 0 Å². The zero-order valence-electron chi connectivity index (χ0n) is 24.0. The minimum absolute atomic E-state index is 0.0597. The van der Waals surface area contributed by atoms with Gasteiger partial charge in [-0.15, -0.1) is 0 Å². The van der Waals surface area contributed by atoms with Gasteiger partial charge in [-0.3, -0.25) is 9.69 Å². The van der Waals surface area contributed by atoms with Crippen molar-refractivity contribution in [1.29, 1.82) is 0 Å². The van der Waals surface area contributed by atoms with Crippen molar-refractivity contribution in [3.05, 3.63) is 72.3 Å². The minimum Gasteiger partial charge on any atom is -0.492 e. The van der Waals surface area contributed by atoms with Crippen LogP contribution < -0.4 is 15.0 Å². The Balaban J connectivity index is 1.11. The van der Waals surface area contributed by atoms with Crippen LogP contribution in [0.2, 0.25) is 0 Å². The number of aryl methyl sites for hydroxylation is 1. The lowest BCUT2D eigenvalue weighted by Crippen LogP contribution is -2.47. The molecule has 0 aliphatic carbocycles. The van der Waals surface area contributed by atoms with Crippen LogP contribution >= 0.6 is 0 Å². The Kier molecular flexibility index (Phi) is 9.01. The molecule has 0 radical (unpaired) electrons. The largest absolute Gasteiger partial charge is 0.492 e. The molecule has 2 N–H and O–H groups in total. The van der Waals surface area contributed by atoms with Gasteiger partial charge in [0.1, 0.15) is 23.7 Å². The number of amides is 1. The Morgan fingerprint density at radius 3 is 2.35 bits per heavy atom. The highest BCUT2D eigenvalue weighted by Gasteiger charge is 2.20. The molecule has 0 atom stereocenters. The molecule has 0 spiro atoms. The third-order valence-electron chi connectivity index (χ3n) is 7.99. The van der Waals surface area contributed by atoms with E-state index < -0.39 is 0 Å². The highest BCUT2D eigenvalue weighted by atomic mass is 16.5. The molecular formula is C33H41N5O2. The van der Waals surface area contributed by atoms with Crippen molar-refractivity contribution >= 4 is 28.3 Å². The summed E-state index contributed by atoms with van der Waals surface area (Å²) in [5.74, 6) is 1.89. The molecule has 1 fully saturated rings. The Hall–Kier alpha value is -3.84. The molecule has 1 aromatic heterocycles. The van der Waals surface area contributed by atoms with Crippen molar-refractivity contribution < 1.29 is 9.53 Å². The summed E-state index contributed by atoms with van der Waals surface area (Å²) in [7, 11) is 0. The first-order chi connectivity index (χ1) is 19.6. The molecule has 7 nitrogen and oxygen atoms in total. The number of aromatic nitrogens is 2. The maximum atomic E-state index is 12.3. The van der Waals surface area contributed by atoms with Crippen LogP contribution in [-0.4, -0.2) is 60.1 Å². The van der Waals surface area contributed by atoms with E-state index in [0.717, 1.165) is 85.8 Å². The number of benzene rings is 3. The standard InChI is InChI=1S/C33H41N5O2/c1-4-24-10-12-26(13-11-24)32-35-29-8-7-9-30(31(29)36-32)38-20-18-37(19-21-38)22-23-40-28-16-14-27(15-17-28)34-33(39)25(5-2)6-3/h7-17,25H,4-6,18-23H2,1-3H3,(H,34,39)(H,35,36). The normalized spacial score (nSPS) is 14.2. The Bertz CT molecular complexity index is 1380. The van der Waals surface area contributed by atoms with E-state index in [1.807, 2.05) is 38.1 Å². The van der Waals surface area contributed by atoms with Crippen LogP contribution in [0.3, 0.4) is 0 Å². The third kappa shape index (κ3) is 6.48. The number of aromatic amines is 1. The number of para-hydroxylation sites is 1. The summed E-state index contributed by atoms with van der Waals surface area (Å²) in [6.07, 6.45) is 2.74. The van der Waals surface area contributed by atoms with Crippen LogP contribution in [0.25, 0.3) is 22.4 Å². The topological polar surface area (TPSA) is 73.5 Å². The highest BCUT2D eigenvalue weighted by molar-refractivity contribution is 5.92. The number of hydrogen-bond acceptors (Lipinski definition) is 5. The van der Waals surface area contributed by atoms with Crippen LogP contribution in [0.5, 0.6) is 5.75 Å². The number of hydrogen-bond donors (Lipinski definition) is 2. The van der Waals surface area contributed by atoms with Gasteiger partial charge in [-0.25, -0.2) is 4.98 Å². The summed E-state index contributed by atoms with van der Waals surface area (Å²) in [5, 5.41) is 3.01. The summed E-state index contributed by atoms with van der Waals surface area (Å²) in [6.45, 7) is 11.7. The molecule has 1 aliphatic heterocycles. The molecule has 2 heterocycles. The first kappa shape index (κ1) is 27.7. The Labute approximate surface area is 237 Å². The molecule has 4 aromatic rings. The van der Waals surface area contributed by atoms with Crippen molar-refractivity contribution in [3.8, 4) is 17.1 Å². The molecule has 0 bridgehead atoms. The van der Waals surface area contributed by atoms with E-state index >= 15 is 0 Å². The van der Waals surface area contributed by atoms with Crippen LogP contribution in [0, 0.1) is 5.92 Å². The predicted molar refractivity (Wildman–Crippen MR) is 164 cm³/mol. The molecule has 1 saturated heterocycles. The van der Waals surface area contributed by atoms with Crippen molar-refractivity contribution in [1.82, 2.24) is 14.9 Å². The van der Waals surface area contributed by atoms with Gasteiger partial charge in [-0.2, -0.15) is 0 Å². The van der Waals surface area contributed by atoms with Crippen molar-refractivity contribution in [3.63, 3.8) is 0 Å². The van der Waals surface area contributed by atoms with Gasteiger partial charge in [0.05, 0.1) is 11.2 Å². The number of piperazine rings is 1. The van der Waals surface area contributed by atoms with Crippen molar-refractivity contribution in [2.24, 2.45) is 5.92 Å². The number of carbonyl (C=O) groups excluding carboxylic acids is 1. The molecular weight excluding hydrogens is 498 g/mol. The average Bonchev–Trinajstić information content (AvgIpc) is 3.44. The van der Waals surface area contributed by atoms with E-state index in [0.29, 0.717) is 6.61 Å². The van der Waals surface area contributed by atoms with Gasteiger partial charge in [-0.05, 0) is 61.2 Å². The van der Waals surface area contributed by atoms with Crippen molar-refractivity contribution in [2.45, 2.75) is 40.0 Å². The van der Waals surface area contributed by atoms with Crippen molar-refractivity contribution in [2.75, 3.05) is 49.5 Å². The summed E-state index contributed by atoms with van der Waals surface area (Å²) < 4.78 is 6.00. The molecule has 40 heavy (non-hydrogen) atoms. The zero-order valence-corrected chi connectivity index (χ0v) is 24.0. The van der Waals surface area contributed by atoms with E-state index in [4.69, 9.17) is 9.72 Å². The lowest BCUT2D eigenvalue weighted by atomic mass is 10.0. The monoisotopic (exact) mass is 539 g/mol. The van der Waals surface area contributed by atoms with Crippen LogP contribution in [0.1, 0.15) is 39.2 Å². The van der Waals surface area contributed by atoms with E-state index in [9.17, 15) is 4.79 Å². The summed E-state index contributed by atoms with van der Waals surface area (Å²) in [6, 6.07) is 22.7. The quantitative estimate of drug-likeness (QED) is 0.232. The summed E-state index contributed by atoms with van der Waals surface area (Å²) in [4.78, 5) is 25.7. The van der Waals surface area contributed by atoms with Gasteiger partial charge in [0.25, 0.3) is 0 Å². The van der Waals surface area contributed by atoms with Gasteiger partial charge in [0, 0.05) is 49.9 Å². The number of rotatable bonds is 11. The lowest BCUT2D eigenvalue weighted by Gasteiger charge is -2.36. The number of ether oxygens (including phenoxy) is 1. The first-order valence-electron chi connectivity index (χ1n) is 14.7. The second-order valence-electron chi connectivity index (χ2n) is 10.5. The first-order valence-corrected chi connectivity index (χ1v) is 14.7. The van der Waals surface area contributed by atoms with E-state index in [2.05, 4.69) is 69.5 Å². The van der Waals surface area contributed by atoms with E-state index in [-0.39, 0.29) is 11.8 Å². The number of H-pyrrole nitrogens is 1. The fourth-order valence-electron chi connectivity index (χ4n) is 5.35. The predicted octanol–water partition coefficient (Wildman–Crippen LogP) is 6.37. The van der Waals surface area contributed by atoms with Gasteiger partial charge in [-0.1, -0.05) is 51.1 Å². The fraction of sp³-hybridized carbons (Fsp3) is 0.394. The number of nitrogens with zero attached hydrogens (tertiary/aromatic N) is 3. The molecule has 1 amide bonds. The fourth-order valence-corrected chi connectivity index (χ4v) is 5.35. The number of imidazole rings is 1. The molecule has 210 valence electrons. The average molecular weight is 540 g/mol. The number of anilines is 2. The lowest BCUT2D eigenvalue weighted by molar-refractivity contribution is -0.120. The van der Waals surface area contributed by atoms with Crippen LogP contribution in [-0.2, 0) is 11.2 Å². The molecule has 3 aromatic carbocycles. The molecule has 7 heteroatoms. The van der Waals surface area contributed by atoms with Crippen LogP contribution in [0.4, 0.5) is 11.4 Å². The van der Waals surface area contributed by atoms with Crippen LogP contribution in [0.15, 0.2) is 66.7 Å². The molecule has 5 rings (SSSR count). The molecule has 0 saturated carbocycles. The summed E-state index contributed by atoms with van der Waals surface area (Å²) >= 11 is 0. The second-order valence-corrected chi connectivity index (χ2v) is 10.5. The number of carbonyl (C=O) groups is 1. The molecule has 0 unspecified atom stereocenters. The van der Waals surface area contributed by atoms with Gasteiger partial charge < -0.3 is 19.9 Å².